The summed E-state index contributed by atoms with van der Waals surface area (Å²) in [6, 6.07) is 14.2. The zero-order valence-corrected chi connectivity index (χ0v) is 16.6. The van der Waals surface area contributed by atoms with Gasteiger partial charge in [0.2, 0.25) is 0 Å². The van der Waals surface area contributed by atoms with Crippen LogP contribution >= 0.6 is 0 Å². The van der Waals surface area contributed by atoms with Gasteiger partial charge in [0.15, 0.2) is 5.78 Å². The van der Waals surface area contributed by atoms with Crippen LogP contribution in [-0.2, 0) is 4.74 Å². The van der Waals surface area contributed by atoms with Gasteiger partial charge in [0.25, 0.3) is 0 Å². The van der Waals surface area contributed by atoms with Crippen molar-refractivity contribution < 1.29 is 18.7 Å². The van der Waals surface area contributed by atoms with E-state index in [9.17, 15) is 14.4 Å². The van der Waals surface area contributed by atoms with Crippen LogP contribution in [0.2, 0.25) is 0 Å². The van der Waals surface area contributed by atoms with Crippen LogP contribution in [0, 0.1) is 0 Å². The van der Waals surface area contributed by atoms with Crippen LogP contribution in [0.15, 0.2) is 63.8 Å². The van der Waals surface area contributed by atoms with Crippen LogP contribution in [0.25, 0.3) is 17.0 Å². The Balaban J connectivity index is 2.11. The molecule has 1 atom stereocenters. The van der Waals surface area contributed by atoms with Crippen molar-refractivity contribution in [1.82, 2.24) is 0 Å². The molecule has 0 radical (unpaired) electrons. The Morgan fingerprint density at radius 1 is 1.14 bits per heavy atom. The molecule has 1 aromatic heterocycles. The van der Waals surface area contributed by atoms with Crippen molar-refractivity contribution >= 4 is 28.8 Å². The fourth-order valence-corrected chi connectivity index (χ4v) is 3.09. The normalized spacial score (nSPS) is 12.2. The monoisotopic (exact) mass is 390 g/mol. The maximum atomic E-state index is 12.4. The first-order chi connectivity index (χ1) is 13.9. The highest BCUT2D eigenvalue weighted by atomic mass is 16.5. The van der Waals surface area contributed by atoms with Crippen molar-refractivity contribution in [2.75, 3.05) is 7.11 Å². The molecule has 3 rings (SSSR count). The van der Waals surface area contributed by atoms with Gasteiger partial charge in [-0.25, -0.2) is 9.59 Å². The average Bonchev–Trinajstić information content (AvgIpc) is 2.76. The summed E-state index contributed by atoms with van der Waals surface area (Å²) in [5.41, 5.74) is 1.80. The number of ether oxygens (including phenoxy) is 1. The van der Waals surface area contributed by atoms with Crippen LogP contribution in [0.3, 0.4) is 0 Å². The molecule has 0 saturated heterocycles. The Morgan fingerprint density at radius 2 is 1.86 bits per heavy atom. The fraction of sp³-hybridized carbons (Fsp3) is 0.208. The smallest absolute Gasteiger partial charge is 0.351 e. The number of carbonyl (C=O) groups is 2. The predicted molar refractivity (Wildman–Crippen MR) is 112 cm³/mol. The van der Waals surface area contributed by atoms with Crippen LogP contribution in [0.4, 0.5) is 0 Å². The van der Waals surface area contributed by atoms with Gasteiger partial charge < -0.3 is 9.15 Å². The predicted octanol–water partition coefficient (Wildman–Crippen LogP) is 4.99. The maximum Gasteiger partial charge on any atom is 0.351 e. The molecule has 29 heavy (non-hydrogen) atoms. The lowest BCUT2D eigenvalue weighted by molar-refractivity contribution is 0.0596. The van der Waals surface area contributed by atoms with E-state index in [0.29, 0.717) is 16.5 Å². The van der Waals surface area contributed by atoms with Crippen molar-refractivity contribution in [3.63, 3.8) is 0 Å². The summed E-state index contributed by atoms with van der Waals surface area (Å²) >= 11 is 0. The number of rotatable bonds is 6. The zero-order valence-electron chi connectivity index (χ0n) is 16.6. The topological polar surface area (TPSA) is 73.6 Å². The van der Waals surface area contributed by atoms with Crippen LogP contribution < -0.4 is 5.63 Å². The van der Waals surface area contributed by atoms with Crippen molar-refractivity contribution in [3.8, 4) is 0 Å². The fourth-order valence-electron chi connectivity index (χ4n) is 3.09. The molecule has 5 heteroatoms. The van der Waals surface area contributed by atoms with Gasteiger partial charge in [-0.2, -0.15) is 0 Å². The van der Waals surface area contributed by atoms with Gasteiger partial charge in [0.05, 0.1) is 7.11 Å². The highest BCUT2D eigenvalue weighted by molar-refractivity contribution is 6.07. The number of ketones is 1. The summed E-state index contributed by atoms with van der Waals surface area (Å²) in [4.78, 5) is 36.5. The molecule has 0 aliphatic rings. The Labute approximate surface area is 168 Å². The van der Waals surface area contributed by atoms with Crippen LogP contribution in [0.1, 0.15) is 58.0 Å². The van der Waals surface area contributed by atoms with Gasteiger partial charge in [-0.15, -0.1) is 0 Å². The lowest BCUT2D eigenvalue weighted by Crippen LogP contribution is -2.15. The Hall–Kier alpha value is -3.47. The number of fused-ring (bicyclic) bond motifs is 1. The molecule has 3 aromatic rings. The Bertz CT molecular complexity index is 1140. The molecule has 1 unspecified atom stereocenters. The second-order valence-corrected chi connectivity index (χ2v) is 6.84. The third-order valence-corrected chi connectivity index (χ3v) is 4.92. The third kappa shape index (κ3) is 4.35. The number of hydrogen-bond donors (Lipinski definition) is 0. The second-order valence-electron chi connectivity index (χ2n) is 6.84. The SMILES string of the molecule is CCC(C)c1cc(/C=C/C(=O)c2ccccc2)cc2cc(C(=O)OC)c(=O)oc12. The molecule has 1 heterocycles. The molecular formula is C24H22O5. The minimum atomic E-state index is -0.744. The molecule has 0 spiro atoms. The summed E-state index contributed by atoms with van der Waals surface area (Å²) in [5, 5.41) is 0.606. The number of allylic oxidation sites excluding steroid dienone is 1. The number of esters is 1. The zero-order chi connectivity index (χ0) is 21.0. The van der Waals surface area contributed by atoms with E-state index >= 15 is 0 Å². The molecule has 0 amide bonds. The first-order valence-electron chi connectivity index (χ1n) is 9.42. The molecule has 2 aromatic carbocycles. The van der Waals surface area contributed by atoms with Crippen molar-refractivity contribution in [1.29, 1.82) is 0 Å². The molecule has 0 N–H and O–H groups in total. The van der Waals surface area contributed by atoms with Crippen LogP contribution in [0.5, 0.6) is 0 Å². The summed E-state index contributed by atoms with van der Waals surface area (Å²) < 4.78 is 10.1. The summed E-state index contributed by atoms with van der Waals surface area (Å²) in [6.45, 7) is 4.07. The molecular weight excluding hydrogens is 368 g/mol. The van der Waals surface area contributed by atoms with E-state index < -0.39 is 11.6 Å². The highest BCUT2D eigenvalue weighted by Crippen LogP contribution is 2.29. The van der Waals surface area contributed by atoms with Gasteiger partial charge in [0, 0.05) is 10.9 Å². The lowest BCUT2D eigenvalue weighted by Gasteiger charge is -2.13. The van der Waals surface area contributed by atoms with Crippen molar-refractivity contribution in [2.45, 2.75) is 26.2 Å². The van der Waals surface area contributed by atoms with E-state index in [-0.39, 0.29) is 17.3 Å². The summed E-state index contributed by atoms with van der Waals surface area (Å²) in [7, 11) is 1.21. The first kappa shape index (κ1) is 20.3. The molecule has 0 bridgehead atoms. The largest absolute Gasteiger partial charge is 0.465 e. The average molecular weight is 390 g/mol. The number of methoxy groups -OCH3 is 1. The maximum absolute atomic E-state index is 12.4. The van der Waals surface area contributed by atoms with E-state index in [2.05, 4.69) is 4.74 Å². The lowest BCUT2D eigenvalue weighted by atomic mass is 9.93. The van der Waals surface area contributed by atoms with Gasteiger partial charge in [-0.3, -0.25) is 4.79 Å². The van der Waals surface area contributed by atoms with Gasteiger partial charge >= 0.3 is 11.6 Å². The quantitative estimate of drug-likeness (QED) is 0.257. The van der Waals surface area contributed by atoms with Crippen molar-refractivity contribution in [3.05, 3.63) is 87.3 Å². The Morgan fingerprint density at radius 3 is 2.52 bits per heavy atom. The minimum absolute atomic E-state index is 0.106. The van der Waals surface area contributed by atoms with Crippen LogP contribution in [-0.4, -0.2) is 18.9 Å². The van der Waals surface area contributed by atoms with E-state index in [1.807, 2.05) is 38.1 Å². The van der Waals surface area contributed by atoms with Crippen molar-refractivity contribution in [2.24, 2.45) is 0 Å². The first-order valence-corrected chi connectivity index (χ1v) is 9.42. The number of carbonyl (C=O) groups excluding carboxylic acids is 2. The molecule has 0 saturated carbocycles. The molecule has 0 aliphatic carbocycles. The Kier molecular flexibility index (Phi) is 6.07. The number of benzene rings is 2. The van der Waals surface area contributed by atoms with Gasteiger partial charge in [-0.1, -0.05) is 50.3 Å². The molecule has 148 valence electrons. The van der Waals surface area contributed by atoms with E-state index in [1.54, 1.807) is 24.3 Å². The van der Waals surface area contributed by atoms with Gasteiger partial charge in [-0.05, 0) is 47.7 Å². The summed E-state index contributed by atoms with van der Waals surface area (Å²) in [5.74, 6) is -0.723. The highest BCUT2D eigenvalue weighted by Gasteiger charge is 2.18. The molecule has 0 fully saturated rings. The minimum Gasteiger partial charge on any atom is -0.465 e. The van der Waals surface area contributed by atoms with E-state index in [4.69, 9.17) is 4.42 Å². The standard InChI is InChI=1S/C24H22O5/c1-4-15(2)19-13-16(10-11-21(25)17-8-6-5-7-9-17)12-18-14-20(23(26)28-3)24(27)29-22(18)19/h5-15H,4H2,1-3H3/b11-10+. The van der Waals surface area contributed by atoms with E-state index in [1.165, 1.54) is 19.3 Å². The number of hydrogen-bond acceptors (Lipinski definition) is 5. The van der Waals surface area contributed by atoms with Gasteiger partial charge in [0.1, 0.15) is 11.1 Å². The second kappa shape index (κ2) is 8.69. The summed E-state index contributed by atoms with van der Waals surface area (Å²) in [6.07, 6.45) is 4.08. The van der Waals surface area contributed by atoms with E-state index in [0.717, 1.165) is 17.5 Å². The molecule has 5 nitrogen and oxygen atoms in total. The molecule has 0 aliphatic heterocycles. The third-order valence-electron chi connectivity index (χ3n) is 4.92.